The van der Waals surface area contributed by atoms with E-state index < -0.39 is 0 Å². The van der Waals surface area contributed by atoms with Crippen LogP contribution in [0, 0.1) is 45.6 Å². The minimum Gasteiger partial charge on any atom is -0.456 e. The first kappa shape index (κ1) is 44.3. The zero-order valence-corrected chi connectivity index (χ0v) is 44.0. The highest BCUT2D eigenvalue weighted by molar-refractivity contribution is 6.30. The molecule has 6 heterocycles. The predicted molar refractivity (Wildman–Crippen MR) is 328 cm³/mol. The summed E-state index contributed by atoms with van der Waals surface area (Å²) in [4.78, 5) is 4.69. The van der Waals surface area contributed by atoms with Crippen molar-refractivity contribution in [2.45, 2.75) is 27.7 Å². The molecule has 6 aromatic heterocycles. The van der Waals surface area contributed by atoms with Crippen LogP contribution in [0.1, 0.15) is 27.8 Å². The second-order valence-electron chi connectivity index (χ2n) is 21.7. The third-order valence-electron chi connectivity index (χ3n) is 17.0. The highest BCUT2D eigenvalue weighted by Crippen LogP contribution is 2.53. The van der Waals surface area contributed by atoms with Gasteiger partial charge in [-0.3, -0.25) is 0 Å². The monoisotopic (exact) mass is 1020 g/mol. The van der Waals surface area contributed by atoms with E-state index >= 15 is 0 Å². The summed E-state index contributed by atoms with van der Waals surface area (Å²) in [5, 5.41) is 24.9. The van der Waals surface area contributed by atoms with Gasteiger partial charge in [0.1, 0.15) is 22.3 Å². The molecule has 0 aliphatic carbocycles. The van der Waals surface area contributed by atoms with Crippen molar-refractivity contribution >= 4 is 137 Å². The molecule has 0 unspecified atom stereocenters. The van der Waals surface area contributed by atoms with Crippen LogP contribution in [0.4, 0.5) is 5.69 Å². The molecule has 0 saturated heterocycles. The largest absolute Gasteiger partial charge is 0.456 e. The van der Waals surface area contributed by atoms with Crippen LogP contribution in [0.3, 0.4) is 0 Å². The lowest BCUT2D eigenvalue weighted by Gasteiger charge is -2.28. The molecule has 0 radical (unpaired) electrons. The smallest absolute Gasteiger partial charge is 0.232 e. The lowest BCUT2D eigenvalue weighted by atomic mass is 10.0. The van der Waals surface area contributed by atoms with Gasteiger partial charge in [-0.2, -0.15) is 5.26 Å². The average molecular weight is 1030 g/mol. The van der Waals surface area contributed by atoms with Crippen molar-refractivity contribution in [3.8, 4) is 28.8 Å². The summed E-state index contributed by atoms with van der Waals surface area (Å²) in [6.07, 6.45) is 0. The van der Waals surface area contributed by atoms with Gasteiger partial charge in [-0.25, -0.2) is 4.85 Å². The molecule has 80 heavy (non-hydrogen) atoms. The Bertz CT molecular complexity index is 5280. The maximum absolute atomic E-state index is 12.5. The van der Waals surface area contributed by atoms with E-state index in [2.05, 4.69) is 222 Å². The Hall–Kier alpha value is -10.8. The van der Waals surface area contributed by atoms with Crippen LogP contribution in [0.2, 0.25) is 0 Å². The molecule has 0 atom stereocenters. The first-order valence-corrected chi connectivity index (χ1v) is 27.0. The van der Waals surface area contributed by atoms with Crippen molar-refractivity contribution in [1.82, 2.24) is 18.3 Å². The molecule has 0 aliphatic rings. The minimum atomic E-state index is 0.225. The van der Waals surface area contributed by atoms with Crippen LogP contribution in [-0.4, -0.2) is 18.3 Å². The Morgan fingerprint density at radius 1 is 0.338 bits per heavy atom. The topological polar surface area (TPSA) is 74.2 Å². The average Bonchev–Trinajstić information content (AvgIpc) is 4.50. The highest BCUT2D eigenvalue weighted by atomic mass is 16.3. The zero-order chi connectivity index (χ0) is 53.4. The molecular weight excluding hydrogens is 981 g/mol. The fourth-order valence-electron chi connectivity index (χ4n) is 13.8. The van der Waals surface area contributed by atoms with Crippen molar-refractivity contribution in [2.75, 3.05) is 0 Å². The second-order valence-corrected chi connectivity index (χ2v) is 21.7. The van der Waals surface area contributed by atoms with E-state index in [1.807, 2.05) is 24.3 Å². The summed E-state index contributed by atoms with van der Waals surface area (Å²) >= 11 is 0. The molecule has 8 heteroatoms. The standard InChI is InChI=1S/C72H44N6O2/c1-39-22-26-54-47(34-39)48-35-40(2)23-27-55(48)75(54)71-69(77-52-18-10-6-14-43(52)64-58(77)30-32-62-66(64)45-16-8-12-20-60(45)79-62)51(38-73)68(74-5)70(72(71)76-56-28-24-41(3)36-49(56)50-37-42(4)25-29-57(50)76)78-53-19-11-7-15-44(53)65-59(78)31-33-63-67(65)46-17-9-13-21-61(46)80-63/h6-37H,1-4H3. The SMILES string of the molecule is [C-]#[N+]c1c(C#N)c(-n2c3ccccc3c3c4c(ccc32)oc2ccccc24)c(-n2c3ccc(C)cc3c3cc(C)ccc32)c(-n2c3ccc(C)cc3c3cc(C)ccc32)c1-n1c2ccccc2c2c3c(ccc21)oc1ccccc13. The number of furan rings is 2. The van der Waals surface area contributed by atoms with Crippen LogP contribution in [0.15, 0.2) is 203 Å². The van der Waals surface area contributed by atoms with Crippen molar-refractivity contribution < 1.29 is 8.83 Å². The summed E-state index contributed by atoms with van der Waals surface area (Å²) in [6, 6.07) is 71.4. The first-order chi connectivity index (χ1) is 39.3. The number of hydrogen-bond acceptors (Lipinski definition) is 3. The lowest BCUT2D eigenvalue weighted by molar-refractivity contribution is 0.669. The van der Waals surface area contributed by atoms with E-state index in [-0.39, 0.29) is 11.3 Å². The summed E-state index contributed by atoms with van der Waals surface area (Å²) in [7, 11) is 0. The quantitative estimate of drug-likeness (QED) is 0.165. The van der Waals surface area contributed by atoms with E-state index in [0.717, 1.165) is 165 Å². The molecule has 17 rings (SSSR count). The van der Waals surface area contributed by atoms with Gasteiger partial charge in [0.25, 0.3) is 0 Å². The first-order valence-electron chi connectivity index (χ1n) is 27.0. The van der Waals surface area contributed by atoms with Gasteiger partial charge < -0.3 is 27.1 Å². The Kier molecular flexibility index (Phi) is 8.81. The van der Waals surface area contributed by atoms with Crippen molar-refractivity contribution in [2.24, 2.45) is 0 Å². The van der Waals surface area contributed by atoms with Gasteiger partial charge in [-0.1, -0.05) is 119 Å². The Labute approximate surface area is 456 Å². The number of nitriles is 1. The highest BCUT2D eigenvalue weighted by Gasteiger charge is 2.35. The van der Waals surface area contributed by atoms with Gasteiger partial charge in [0.2, 0.25) is 5.69 Å². The summed E-state index contributed by atoms with van der Waals surface area (Å²) < 4.78 is 22.6. The van der Waals surface area contributed by atoms with Crippen molar-refractivity contribution in [3.63, 3.8) is 0 Å². The van der Waals surface area contributed by atoms with Gasteiger partial charge in [0.05, 0.1) is 85.1 Å². The number of fused-ring (bicyclic) bond motifs is 20. The Morgan fingerprint density at radius 3 is 1.09 bits per heavy atom. The maximum atomic E-state index is 12.5. The van der Waals surface area contributed by atoms with E-state index in [4.69, 9.17) is 13.7 Å². The predicted octanol–water partition coefficient (Wildman–Crippen LogP) is 19.5. The molecular formula is C72H44N6O2. The summed E-state index contributed by atoms with van der Waals surface area (Å²) in [5.74, 6) is 0. The third kappa shape index (κ3) is 5.71. The summed E-state index contributed by atoms with van der Waals surface area (Å²) in [6.45, 7) is 18.3. The molecule has 0 saturated carbocycles. The second kappa shape index (κ2) is 15.9. The Morgan fingerprint density at radius 2 is 0.675 bits per heavy atom. The number of nitrogens with zero attached hydrogens (tertiary/aromatic N) is 6. The van der Waals surface area contributed by atoms with E-state index in [1.165, 1.54) is 0 Å². The van der Waals surface area contributed by atoms with Crippen molar-refractivity contribution in [1.29, 1.82) is 5.26 Å². The van der Waals surface area contributed by atoms with Gasteiger partial charge in [0, 0.05) is 64.6 Å². The van der Waals surface area contributed by atoms with Crippen LogP contribution in [0.25, 0.3) is 159 Å². The number of hydrogen-bond donors (Lipinski definition) is 0. The van der Waals surface area contributed by atoms with E-state index in [0.29, 0.717) is 11.4 Å². The molecule has 0 aliphatic heterocycles. The van der Waals surface area contributed by atoms with Crippen molar-refractivity contribution in [3.05, 3.63) is 233 Å². The number of benzene rings is 11. The fraction of sp³-hybridized carbons (Fsp3) is 0.0556. The molecule has 0 amide bonds. The Balaban J connectivity index is 1.20. The van der Waals surface area contributed by atoms with Gasteiger partial charge in [0.15, 0.2) is 0 Å². The normalized spacial score (nSPS) is 12.2. The number of rotatable bonds is 4. The maximum Gasteiger partial charge on any atom is 0.232 e. The number of aryl methyl sites for hydroxylation is 4. The molecule has 0 fully saturated rings. The number of para-hydroxylation sites is 4. The van der Waals surface area contributed by atoms with Crippen LogP contribution >= 0.6 is 0 Å². The van der Waals surface area contributed by atoms with Gasteiger partial charge >= 0.3 is 0 Å². The molecule has 0 N–H and O–H groups in total. The van der Waals surface area contributed by atoms with Crippen LogP contribution < -0.4 is 0 Å². The molecule has 17 aromatic rings. The van der Waals surface area contributed by atoms with Gasteiger partial charge in [-0.15, -0.1) is 0 Å². The fourth-order valence-corrected chi connectivity index (χ4v) is 13.8. The molecule has 8 nitrogen and oxygen atoms in total. The van der Waals surface area contributed by atoms with Crippen LogP contribution in [0.5, 0.6) is 0 Å². The molecule has 374 valence electrons. The van der Waals surface area contributed by atoms with Gasteiger partial charge in [-0.05, 0) is 125 Å². The molecule has 0 spiro atoms. The molecule has 0 bridgehead atoms. The lowest BCUT2D eigenvalue weighted by Crippen LogP contribution is -2.15. The minimum absolute atomic E-state index is 0.225. The zero-order valence-electron chi connectivity index (χ0n) is 44.0. The number of aromatic nitrogens is 4. The summed E-state index contributed by atoms with van der Waals surface area (Å²) in [5.41, 5.74) is 18.2. The van der Waals surface area contributed by atoms with Crippen LogP contribution in [-0.2, 0) is 0 Å². The third-order valence-corrected chi connectivity index (χ3v) is 17.0. The molecule has 11 aromatic carbocycles. The van der Waals surface area contributed by atoms with E-state index in [9.17, 15) is 11.8 Å². The van der Waals surface area contributed by atoms with E-state index in [1.54, 1.807) is 0 Å².